The van der Waals surface area contributed by atoms with Gasteiger partial charge in [0.1, 0.15) is 30.2 Å². The van der Waals surface area contributed by atoms with E-state index in [1.807, 2.05) is 6.07 Å². The summed E-state index contributed by atoms with van der Waals surface area (Å²) < 4.78 is 47.6. The quantitative estimate of drug-likeness (QED) is 0.187. The molecule has 0 radical (unpaired) electrons. The molecule has 0 unspecified atom stereocenters. The molecular weight excluding hydrogens is 516 g/mol. The number of nitrogens with zero attached hydrogens (tertiary/aromatic N) is 2. The number of anilines is 1. The zero-order valence-corrected chi connectivity index (χ0v) is 24.0. The third-order valence-corrected chi connectivity index (χ3v) is 7.76. The number of rotatable bonds is 7. The first-order valence-corrected chi connectivity index (χ1v) is 14.4. The maximum Gasteiger partial charge on any atom is 0.359 e. The van der Waals surface area contributed by atoms with Gasteiger partial charge in [0.2, 0.25) is 5.36 Å². The second-order valence-electron chi connectivity index (χ2n) is 10.4. The third kappa shape index (κ3) is 5.99. The molecule has 2 aliphatic rings. The summed E-state index contributed by atoms with van der Waals surface area (Å²) in [5.41, 5.74) is 2.20. The Morgan fingerprint density at radius 3 is 2.28 bits per heavy atom. The summed E-state index contributed by atoms with van der Waals surface area (Å²) >= 11 is 0. The normalized spacial score (nSPS) is 12.5. The van der Waals surface area contributed by atoms with Crippen molar-refractivity contribution in [2.75, 3.05) is 23.9 Å². The highest BCUT2D eigenvalue weighted by molar-refractivity contribution is 7.87. The SMILES string of the molecule is CCN(c1ccc2cc(C=Cc3cc(C(C)(C)C)c4ccc(=[N+](CC)CC)cc-4o3)c(=O)oc2c1)S(=O)(=O)O. The molecule has 4 rings (SSSR count). The van der Waals surface area contributed by atoms with Crippen molar-refractivity contribution in [1.82, 2.24) is 4.58 Å². The number of hydrogen-bond donors (Lipinski definition) is 1. The molecule has 1 aromatic carbocycles. The molecule has 2 heterocycles. The molecule has 0 fully saturated rings. The fourth-order valence-electron chi connectivity index (χ4n) is 4.72. The van der Waals surface area contributed by atoms with Crippen LogP contribution in [0.4, 0.5) is 5.69 Å². The first kappa shape index (κ1) is 28.3. The van der Waals surface area contributed by atoms with E-state index in [1.54, 1.807) is 37.3 Å². The van der Waals surface area contributed by atoms with Gasteiger partial charge in [0.25, 0.3) is 0 Å². The van der Waals surface area contributed by atoms with Gasteiger partial charge in [-0.3, -0.25) is 4.55 Å². The zero-order chi connectivity index (χ0) is 28.5. The van der Waals surface area contributed by atoms with E-state index in [1.165, 1.54) is 6.07 Å². The van der Waals surface area contributed by atoms with Gasteiger partial charge in [0.15, 0.2) is 0 Å². The van der Waals surface area contributed by atoms with Crippen molar-refractivity contribution >= 4 is 39.1 Å². The number of benzene rings is 2. The topological polar surface area (TPSA) is 104 Å². The molecular formula is C30H35N2O6S+. The summed E-state index contributed by atoms with van der Waals surface area (Å²) in [6.45, 7) is 14.1. The molecule has 0 saturated carbocycles. The highest BCUT2D eigenvalue weighted by Crippen LogP contribution is 2.35. The molecule has 1 aliphatic carbocycles. The molecule has 2 aromatic rings. The molecule has 0 amide bonds. The number of hydrogen-bond acceptors (Lipinski definition) is 5. The van der Waals surface area contributed by atoms with Crippen LogP contribution < -0.4 is 19.9 Å². The second-order valence-corrected chi connectivity index (χ2v) is 11.7. The summed E-state index contributed by atoms with van der Waals surface area (Å²) in [5.74, 6) is 1.37. The van der Waals surface area contributed by atoms with Gasteiger partial charge in [0.05, 0.1) is 17.3 Å². The minimum Gasteiger partial charge on any atom is -0.456 e. The van der Waals surface area contributed by atoms with Gasteiger partial charge >= 0.3 is 15.9 Å². The molecule has 0 spiro atoms. The van der Waals surface area contributed by atoms with Crippen LogP contribution in [0.25, 0.3) is 34.4 Å². The van der Waals surface area contributed by atoms with Gasteiger partial charge in [-0.2, -0.15) is 8.42 Å². The molecule has 1 aromatic heterocycles. The van der Waals surface area contributed by atoms with E-state index in [0.29, 0.717) is 16.7 Å². The Morgan fingerprint density at radius 2 is 1.67 bits per heavy atom. The molecule has 1 aliphatic heterocycles. The summed E-state index contributed by atoms with van der Waals surface area (Å²) in [6, 6.07) is 14.6. The van der Waals surface area contributed by atoms with Gasteiger partial charge < -0.3 is 8.83 Å². The highest BCUT2D eigenvalue weighted by Gasteiger charge is 2.23. The molecule has 206 valence electrons. The van der Waals surface area contributed by atoms with Crippen LogP contribution in [0.5, 0.6) is 0 Å². The van der Waals surface area contributed by atoms with Crippen LogP contribution in [0, 0.1) is 0 Å². The van der Waals surface area contributed by atoms with Crippen LogP contribution >= 0.6 is 0 Å². The van der Waals surface area contributed by atoms with E-state index in [9.17, 15) is 17.8 Å². The largest absolute Gasteiger partial charge is 0.456 e. The molecule has 9 heteroatoms. The van der Waals surface area contributed by atoms with Crippen molar-refractivity contribution in [3.63, 3.8) is 0 Å². The first-order chi connectivity index (χ1) is 18.3. The van der Waals surface area contributed by atoms with Crippen molar-refractivity contribution in [2.24, 2.45) is 0 Å². The van der Waals surface area contributed by atoms with E-state index < -0.39 is 15.9 Å². The average Bonchev–Trinajstić information content (AvgIpc) is 2.86. The lowest BCUT2D eigenvalue weighted by molar-refractivity contribution is 0.479. The zero-order valence-electron chi connectivity index (χ0n) is 23.2. The first-order valence-electron chi connectivity index (χ1n) is 13.0. The van der Waals surface area contributed by atoms with Gasteiger partial charge in [-0.15, -0.1) is 0 Å². The van der Waals surface area contributed by atoms with Crippen LogP contribution in [0.3, 0.4) is 0 Å². The van der Waals surface area contributed by atoms with Crippen LogP contribution in [0.1, 0.15) is 58.4 Å². The lowest BCUT2D eigenvalue weighted by Gasteiger charge is -2.24. The Labute approximate surface area is 228 Å². The lowest BCUT2D eigenvalue weighted by Crippen LogP contribution is -2.29. The Balaban J connectivity index is 1.80. The fraction of sp³-hybridized carbons (Fsp3) is 0.333. The summed E-state index contributed by atoms with van der Waals surface area (Å²) in [4.78, 5) is 12.8. The smallest absolute Gasteiger partial charge is 0.359 e. The van der Waals surface area contributed by atoms with Crippen LogP contribution in [-0.4, -0.2) is 32.6 Å². The van der Waals surface area contributed by atoms with Crippen molar-refractivity contribution < 1.29 is 21.8 Å². The van der Waals surface area contributed by atoms with Crippen molar-refractivity contribution in [3.8, 4) is 11.3 Å². The second kappa shape index (κ2) is 10.8. The van der Waals surface area contributed by atoms with Gasteiger partial charge in [0, 0.05) is 29.6 Å². The highest BCUT2D eigenvalue weighted by atomic mass is 32.2. The van der Waals surface area contributed by atoms with E-state index in [2.05, 4.69) is 57.4 Å². The standard InChI is InChI=1S/C30H34N2O6S/c1-7-31(8-2)22-13-15-25-26(30(4,5)6)19-24(37-28(25)17-22)14-11-21-16-20-10-12-23(18-27(20)38-29(21)33)32(9-3)39(34,35)36/h10-19H,7-9H2,1-6H3/p+1. The Morgan fingerprint density at radius 1 is 0.949 bits per heavy atom. The molecule has 8 nitrogen and oxygen atoms in total. The van der Waals surface area contributed by atoms with E-state index >= 15 is 0 Å². The van der Waals surface area contributed by atoms with Crippen LogP contribution in [0.15, 0.2) is 62.2 Å². The van der Waals surface area contributed by atoms with E-state index in [4.69, 9.17) is 8.83 Å². The van der Waals surface area contributed by atoms with Crippen molar-refractivity contribution in [2.45, 2.75) is 47.0 Å². The maximum atomic E-state index is 12.8. The molecule has 0 bridgehead atoms. The molecule has 0 atom stereocenters. The number of fused-ring (bicyclic) bond motifs is 2. The Hall–Kier alpha value is -3.69. The van der Waals surface area contributed by atoms with Crippen LogP contribution in [-0.2, 0) is 15.7 Å². The Kier molecular flexibility index (Phi) is 7.86. The summed E-state index contributed by atoms with van der Waals surface area (Å²) in [7, 11) is -4.45. The van der Waals surface area contributed by atoms with E-state index in [-0.39, 0.29) is 23.2 Å². The van der Waals surface area contributed by atoms with Crippen LogP contribution in [0.2, 0.25) is 0 Å². The predicted octanol–water partition coefficient (Wildman–Crippen LogP) is 5.40. The summed E-state index contributed by atoms with van der Waals surface area (Å²) in [5, 5.41) is 1.70. The fourth-order valence-corrected chi connectivity index (χ4v) is 5.43. The van der Waals surface area contributed by atoms with E-state index in [0.717, 1.165) is 39.6 Å². The third-order valence-electron chi connectivity index (χ3n) is 6.73. The minimum atomic E-state index is -4.45. The Bertz CT molecular complexity index is 1750. The van der Waals surface area contributed by atoms with Gasteiger partial charge in [-0.05, 0) is 74.2 Å². The minimum absolute atomic E-state index is 0.0254. The van der Waals surface area contributed by atoms with Crippen molar-refractivity contribution in [1.29, 1.82) is 0 Å². The molecule has 1 N–H and O–H groups in total. The van der Waals surface area contributed by atoms with Gasteiger partial charge in [-0.25, -0.2) is 13.7 Å². The summed E-state index contributed by atoms with van der Waals surface area (Å²) in [6.07, 6.45) is 3.41. The molecule has 0 saturated heterocycles. The lowest BCUT2D eigenvalue weighted by atomic mass is 9.83. The maximum absolute atomic E-state index is 12.8. The van der Waals surface area contributed by atoms with Gasteiger partial charge in [-0.1, -0.05) is 20.8 Å². The van der Waals surface area contributed by atoms with Crippen molar-refractivity contribution in [3.05, 3.63) is 81.2 Å². The average molecular weight is 552 g/mol. The predicted molar refractivity (Wildman–Crippen MR) is 156 cm³/mol. The monoisotopic (exact) mass is 551 g/mol. The molecule has 39 heavy (non-hydrogen) atoms.